The molecule has 0 aromatic carbocycles. The quantitative estimate of drug-likeness (QED) is 0.533. The molecule has 5 heteroatoms. The van der Waals surface area contributed by atoms with E-state index in [4.69, 9.17) is 0 Å². The van der Waals surface area contributed by atoms with Crippen LogP contribution in [0.4, 0.5) is 13.2 Å². The van der Waals surface area contributed by atoms with E-state index in [1.54, 1.807) is 0 Å². The Morgan fingerprint density at radius 1 is 1.18 bits per heavy atom. The molecule has 0 saturated heterocycles. The van der Waals surface area contributed by atoms with E-state index < -0.39 is 23.6 Å². The maximum atomic E-state index is 13.3. The predicted molar refractivity (Wildman–Crippen MR) is 58.5 cm³/mol. The lowest BCUT2D eigenvalue weighted by atomic mass is 10.1. The molecule has 0 saturated carbocycles. The monoisotopic (exact) mass is 248 g/mol. The number of allylic oxidation sites excluding steroid dienone is 4. The Balaban J connectivity index is 4.66. The standard InChI is InChI=1S/C12H15F3O2/c1-7(4-10(17)5-8(2)16)11(14)6-12(15)9(3)13/h6,9H,4-5H2,1-3H3/b11-7-,12-6+. The number of carbonyl (C=O) groups excluding carboxylic acids is 2. The molecule has 1 atom stereocenters. The Morgan fingerprint density at radius 2 is 1.71 bits per heavy atom. The molecular formula is C12H15F3O2. The van der Waals surface area contributed by atoms with Crippen LogP contribution in [0.3, 0.4) is 0 Å². The minimum Gasteiger partial charge on any atom is -0.300 e. The first-order valence-corrected chi connectivity index (χ1v) is 5.11. The number of hydrogen-bond acceptors (Lipinski definition) is 2. The van der Waals surface area contributed by atoms with Crippen molar-refractivity contribution in [3.63, 3.8) is 0 Å². The fourth-order valence-electron chi connectivity index (χ4n) is 1.08. The van der Waals surface area contributed by atoms with E-state index in [0.717, 1.165) is 6.92 Å². The van der Waals surface area contributed by atoms with E-state index in [1.807, 2.05) is 0 Å². The summed E-state index contributed by atoms with van der Waals surface area (Å²) in [6.07, 6.45) is -2.03. The second kappa shape index (κ2) is 7.04. The molecule has 96 valence electrons. The van der Waals surface area contributed by atoms with Crippen LogP contribution in [0.15, 0.2) is 23.3 Å². The number of ketones is 2. The molecule has 17 heavy (non-hydrogen) atoms. The van der Waals surface area contributed by atoms with Gasteiger partial charge in [-0.25, -0.2) is 13.2 Å². The van der Waals surface area contributed by atoms with Gasteiger partial charge in [0.25, 0.3) is 0 Å². The van der Waals surface area contributed by atoms with Crippen LogP contribution in [-0.2, 0) is 9.59 Å². The Bertz CT molecular complexity index is 368. The summed E-state index contributed by atoms with van der Waals surface area (Å²) in [5.41, 5.74) is -0.0212. The summed E-state index contributed by atoms with van der Waals surface area (Å²) in [5, 5.41) is 0. The van der Waals surface area contributed by atoms with Crippen molar-refractivity contribution in [2.45, 2.75) is 39.8 Å². The molecule has 0 bridgehead atoms. The molecule has 0 aliphatic carbocycles. The summed E-state index contributed by atoms with van der Waals surface area (Å²) in [7, 11) is 0. The zero-order valence-electron chi connectivity index (χ0n) is 10.0. The van der Waals surface area contributed by atoms with E-state index >= 15 is 0 Å². The topological polar surface area (TPSA) is 34.1 Å². The van der Waals surface area contributed by atoms with E-state index in [2.05, 4.69) is 0 Å². The maximum absolute atomic E-state index is 13.3. The van der Waals surface area contributed by atoms with Crippen molar-refractivity contribution in [3.8, 4) is 0 Å². The zero-order valence-corrected chi connectivity index (χ0v) is 10.0. The molecule has 0 aromatic heterocycles. The van der Waals surface area contributed by atoms with Gasteiger partial charge in [-0.1, -0.05) is 0 Å². The van der Waals surface area contributed by atoms with Gasteiger partial charge in [-0.3, -0.25) is 9.59 Å². The molecule has 0 rings (SSSR count). The first kappa shape index (κ1) is 15.6. The van der Waals surface area contributed by atoms with Gasteiger partial charge in [0.1, 0.15) is 29.4 Å². The Morgan fingerprint density at radius 3 is 2.12 bits per heavy atom. The molecule has 2 nitrogen and oxygen atoms in total. The maximum Gasteiger partial charge on any atom is 0.149 e. The highest BCUT2D eigenvalue weighted by Gasteiger charge is 2.11. The van der Waals surface area contributed by atoms with Crippen molar-refractivity contribution in [1.82, 2.24) is 0 Å². The van der Waals surface area contributed by atoms with Crippen molar-refractivity contribution in [2.24, 2.45) is 0 Å². The summed E-state index contributed by atoms with van der Waals surface area (Å²) < 4.78 is 38.4. The van der Waals surface area contributed by atoms with Gasteiger partial charge in [0.05, 0.1) is 6.42 Å². The second-order valence-electron chi connectivity index (χ2n) is 3.87. The van der Waals surface area contributed by atoms with Gasteiger partial charge in [-0.2, -0.15) is 0 Å². The van der Waals surface area contributed by atoms with Gasteiger partial charge >= 0.3 is 0 Å². The van der Waals surface area contributed by atoms with E-state index in [-0.39, 0.29) is 24.2 Å². The van der Waals surface area contributed by atoms with Gasteiger partial charge < -0.3 is 0 Å². The zero-order chi connectivity index (χ0) is 13.6. The van der Waals surface area contributed by atoms with E-state index in [1.165, 1.54) is 13.8 Å². The van der Waals surface area contributed by atoms with Crippen LogP contribution in [0.25, 0.3) is 0 Å². The van der Waals surface area contributed by atoms with E-state index in [9.17, 15) is 22.8 Å². The van der Waals surface area contributed by atoms with Gasteiger partial charge in [0, 0.05) is 12.5 Å². The number of alkyl halides is 1. The molecular weight excluding hydrogens is 233 g/mol. The summed E-state index contributed by atoms with van der Waals surface area (Å²) >= 11 is 0. The van der Waals surface area contributed by atoms with E-state index in [0.29, 0.717) is 6.08 Å². The average molecular weight is 248 g/mol. The highest BCUT2D eigenvalue weighted by atomic mass is 19.2. The Hall–Kier alpha value is -1.39. The molecule has 0 fully saturated rings. The molecule has 0 heterocycles. The molecule has 0 aliphatic rings. The lowest BCUT2D eigenvalue weighted by Gasteiger charge is -2.01. The Kier molecular flexibility index (Phi) is 6.46. The number of carbonyl (C=O) groups is 2. The summed E-state index contributed by atoms with van der Waals surface area (Å²) in [6.45, 7) is 3.48. The SMILES string of the molecule is CC(=O)CC(=O)C/C(C)=C(F)/C=C(/F)C(C)F. The van der Waals surface area contributed by atoms with Crippen LogP contribution in [0.2, 0.25) is 0 Å². The third-order valence-corrected chi connectivity index (χ3v) is 1.96. The van der Waals surface area contributed by atoms with Crippen LogP contribution < -0.4 is 0 Å². The molecule has 0 aliphatic heterocycles. The van der Waals surface area contributed by atoms with Gasteiger partial charge in [-0.05, 0) is 26.3 Å². The average Bonchev–Trinajstić information content (AvgIpc) is 2.15. The molecule has 0 amide bonds. The fraction of sp³-hybridized carbons (Fsp3) is 0.500. The number of Topliss-reactive ketones (excluding diaryl/α,β-unsaturated/α-hetero) is 2. The van der Waals surface area contributed by atoms with Gasteiger partial charge in [0.2, 0.25) is 0 Å². The fourth-order valence-corrected chi connectivity index (χ4v) is 1.08. The van der Waals surface area contributed by atoms with Crippen LogP contribution in [-0.4, -0.2) is 17.7 Å². The highest BCUT2D eigenvalue weighted by molar-refractivity contribution is 5.98. The van der Waals surface area contributed by atoms with Crippen molar-refractivity contribution < 1.29 is 22.8 Å². The third-order valence-electron chi connectivity index (χ3n) is 1.96. The van der Waals surface area contributed by atoms with Crippen molar-refractivity contribution in [3.05, 3.63) is 23.3 Å². The largest absolute Gasteiger partial charge is 0.300 e. The summed E-state index contributed by atoms with van der Waals surface area (Å²) in [6, 6.07) is 0. The first-order chi connectivity index (χ1) is 7.73. The second-order valence-corrected chi connectivity index (χ2v) is 3.87. The minimum absolute atomic E-state index is 0.0212. The van der Waals surface area contributed by atoms with Gasteiger partial charge in [-0.15, -0.1) is 0 Å². The van der Waals surface area contributed by atoms with Crippen LogP contribution in [0.5, 0.6) is 0 Å². The summed E-state index contributed by atoms with van der Waals surface area (Å²) in [5.74, 6) is -2.99. The minimum atomic E-state index is -1.89. The smallest absolute Gasteiger partial charge is 0.149 e. The van der Waals surface area contributed by atoms with Crippen LogP contribution >= 0.6 is 0 Å². The predicted octanol–water partition coefficient (Wildman–Crippen LogP) is 3.38. The summed E-state index contributed by atoms with van der Waals surface area (Å²) in [4.78, 5) is 21.8. The number of halogens is 3. The van der Waals surface area contributed by atoms with Crippen LogP contribution in [0.1, 0.15) is 33.6 Å². The van der Waals surface area contributed by atoms with Crippen molar-refractivity contribution >= 4 is 11.6 Å². The number of hydrogen-bond donors (Lipinski definition) is 0. The third kappa shape index (κ3) is 6.71. The molecule has 0 radical (unpaired) electrons. The molecule has 0 spiro atoms. The highest BCUT2D eigenvalue weighted by Crippen LogP contribution is 2.17. The molecule has 0 aromatic rings. The Labute approximate surface area is 98.2 Å². The first-order valence-electron chi connectivity index (χ1n) is 5.11. The number of rotatable bonds is 6. The van der Waals surface area contributed by atoms with Crippen LogP contribution in [0, 0.1) is 0 Å². The molecule has 0 N–H and O–H groups in total. The van der Waals surface area contributed by atoms with Crippen molar-refractivity contribution in [2.75, 3.05) is 0 Å². The molecule has 1 unspecified atom stereocenters. The lowest BCUT2D eigenvalue weighted by Crippen LogP contribution is -2.05. The van der Waals surface area contributed by atoms with Crippen molar-refractivity contribution in [1.29, 1.82) is 0 Å². The lowest BCUT2D eigenvalue weighted by molar-refractivity contribution is -0.125. The normalized spacial score (nSPS) is 15.3. The van der Waals surface area contributed by atoms with Gasteiger partial charge in [0.15, 0.2) is 0 Å².